The van der Waals surface area contributed by atoms with Crippen molar-refractivity contribution in [1.82, 2.24) is 10.2 Å². The number of nitrogens with zero attached hydrogens (tertiary/aromatic N) is 3. The summed E-state index contributed by atoms with van der Waals surface area (Å²) in [7, 11) is 0. The van der Waals surface area contributed by atoms with E-state index in [0.29, 0.717) is 20.8 Å². The van der Waals surface area contributed by atoms with Crippen LogP contribution < -0.4 is 11.5 Å². The van der Waals surface area contributed by atoms with Gasteiger partial charge in [-0.05, 0) is 12.1 Å². The van der Waals surface area contributed by atoms with Crippen LogP contribution in [0.2, 0.25) is 15.1 Å². The van der Waals surface area contributed by atoms with E-state index in [-0.39, 0.29) is 17.3 Å². The van der Waals surface area contributed by atoms with Gasteiger partial charge in [0.2, 0.25) is 0 Å². The van der Waals surface area contributed by atoms with Gasteiger partial charge in [-0.2, -0.15) is 5.10 Å². The molecule has 9 heteroatoms. The number of hydrogen-bond donors (Lipinski definition) is 3. The molecular formula is C9H7Cl3N6. The zero-order valence-electron chi connectivity index (χ0n) is 8.78. The molecule has 0 amide bonds. The minimum atomic E-state index is 0.146. The summed E-state index contributed by atoms with van der Waals surface area (Å²) >= 11 is 17.6. The Morgan fingerprint density at radius 3 is 2.28 bits per heavy atom. The topological polar surface area (TPSA) is 105 Å². The minimum absolute atomic E-state index is 0.146. The summed E-state index contributed by atoms with van der Waals surface area (Å²) in [5.74, 6) is 0.361. The van der Waals surface area contributed by atoms with E-state index >= 15 is 0 Å². The Morgan fingerprint density at radius 2 is 1.67 bits per heavy atom. The van der Waals surface area contributed by atoms with E-state index < -0.39 is 0 Å². The molecule has 0 saturated carbocycles. The van der Waals surface area contributed by atoms with Crippen molar-refractivity contribution in [3.8, 4) is 0 Å². The van der Waals surface area contributed by atoms with Crippen LogP contribution in [0.5, 0.6) is 0 Å². The highest BCUT2D eigenvalue weighted by Gasteiger charge is 2.08. The molecule has 0 fully saturated rings. The molecule has 0 aliphatic heterocycles. The van der Waals surface area contributed by atoms with Gasteiger partial charge in [0, 0.05) is 0 Å². The van der Waals surface area contributed by atoms with Crippen LogP contribution in [-0.4, -0.2) is 10.2 Å². The van der Waals surface area contributed by atoms with E-state index in [2.05, 4.69) is 20.4 Å². The second-order valence-electron chi connectivity index (χ2n) is 3.29. The predicted molar refractivity (Wildman–Crippen MR) is 73.1 cm³/mol. The quantitative estimate of drug-likeness (QED) is 0.577. The molecule has 0 saturated heterocycles. The van der Waals surface area contributed by atoms with Gasteiger partial charge in [-0.1, -0.05) is 34.8 Å². The number of azo groups is 1. The molecule has 0 bridgehead atoms. The van der Waals surface area contributed by atoms with Crippen LogP contribution in [0.15, 0.2) is 22.4 Å². The number of aromatic amines is 1. The third-order valence-electron chi connectivity index (χ3n) is 2.04. The van der Waals surface area contributed by atoms with Gasteiger partial charge >= 0.3 is 0 Å². The van der Waals surface area contributed by atoms with Gasteiger partial charge < -0.3 is 11.5 Å². The SMILES string of the molecule is Nc1n[nH]c(N)c1N=Nc1cc(Cl)c(Cl)cc1Cl. The van der Waals surface area contributed by atoms with Crippen LogP contribution >= 0.6 is 34.8 Å². The Labute approximate surface area is 117 Å². The molecule has 0 unspecified atom stereocenters. The third-order valence-corrected chi connectivity index (χ3v) is 3.07. The lowest BCUT2D eigenvalue weighted by molar-refractivity contribution is 1.11. The number of aromatic nitrogens is 2. The lowest BCUT2D eigenvalue weighted by atomic mass is 10.3. The molecule has 2 rings (SSSR count). The Kier molecular flexibility index (Phi) is 3.60. The third kappa shape index (κ3) is 2.50. The maximum absolute atomic E-state index is 5.94. The molecule has 1 heterocycles. The molecule has 18 heavy (non-hydrogen) atoms. The number of hydrogen-bond acceptors (Lipinski definition) is 5. The molecule has 1 aromatic carbocycles. The zero-order valence-corrected chi connectivity index (χ0v) is 11.1. The highest BCUT2D eigenvalue weighted by molar-refractivity contribution is 6.43. The number of H-pyrrole nitrogens is 1. The highest BCUT2D eigenvalue weighted by atomic mass is 35.5. The van der Waals surface area contributed by atoms with Crippen LogP contribution in [0.25, 0.3) is 0 Å². The normalized spacial score (nSPS) is 11.3. The average molecular weight is 306 g/mol. The van der Waals surface area contributed by atoms with Crippen molar-refractivity contribution in [3.05, 3.63) is 27.2 Å². The monoisotopic (exact) mass is 304 g/mol. The molecule has 94 valence electrons. The molecule has 2 aromatic rings. The first kappa shape index (κ1) is 12.9. The van der Waals surface area contributed by atoms with Gasteiger partial charge in [-0.3, -0.25) is 5.10 Å². The number of nitrogens with one attached hydrogen (secondary N) is 1. The summed E-state index contributed by atoms with van der Waals surface area (Å²) in [5.41, 5.74) is 11.7. The Hall–Kier alpha value is -1.50. The first-order valence-electron chi connectivity index (χ1n) is 4.64. The van der Waals surface area contributed by atoms with E-state index in [1.165, 1.54) is 12.1 Å². The Bertz CT molecular complexity index is 602. The molecule has 0 aliphatic rings. The lowest BCUT2D eigenvalue weighted by Gasteiger charge is -2.00. The first-order chi connectivity index (χ1) is 8.49. The smallest absolute Gasteiger partial charge is 0.175 e. The van der Waals surface area contributed by atoms with Crippen molar-refractivity contribution in [2.45, 2.75) is 0 Å². The molecular weight excluding hydrogens is 298 g/mol. The predicted octanol–water partition coefficient (Wildman–Crippen LogP) is 3.95. The molecule has 6 nitrogen and oxygen atoms in total. The average Bonchev–Trinajstić information content (AvgIpc) is 2.62. The van der Waals surface area contributed by atoms with Crippen molar-refractivity contribution < 1.29 is 0 Å². The fraction of sp³-hybridized carbons (Fsp3) is 0. The van der Waals surface area contributed by atoms with E-state index in [9.17, 15) is 0 Å². The van der Waals surface area contributed by atoms with Gasteiger partial charge in [0.1, 0.15) is 11.5 Å². The second kappa shape index (κ2) is 5.01. The fourth-order valence-electron chi connectivity index (χ4n) is 1.16. The number of anilines is 2. The van der Waals surface area contributed by atoms with Crippen molar-refractivity contribution in [1.29, 1.82) is 0 Å². The zero-order chi connectivity index (χ0) is 13.3. The molecule has 0 spiro atoms. The molecule has 0 radical (unpaired) electrons. The summed E-state index contributed by atoms with van der Waals surface area (Å²) in [4.78, 5) is 0. The highest BCUT2D eigenvalue weighted by Crippen LogP contribution is 2.36. The standard InChI is InChI=1S/C9H7Cl3N6/c10-3-1-5(12)6(2-4(3)11)15-16-7-8(13)17-18-9(7)14/h1-2H,(H5,13,14,17,18). The van der Waals surface area contributed by atoms with Crippen molar-refractivity contribution in [2.24, 2.45) is 10.2 Å². The van der Waals surface area contributed by atoms with E-state index in [1.54, 1.807) is 0 Å². The Balaban J connectivity index is 2.38. The molecule has 0 aliphatic carbocycles. The van der Waals surface area contributed by atoms with E-state index in [0.717, 1.165) is 0 Å². The summed E-state index contributed by atoms with van der Waals surface area (Å²) < 4.78 is 0. The van der Waals surface area contributed by atoms with Crippen LogP contribution in [0, 0.1) is 0 Å². The first-order valence-corrected chi connectivity index (χ1v) is 5.78. The summed E-state index contributed by atoms with van der Waals surface area (Å²) in [5, 5.41) is 14.9. The summed E-state index contributed by atoms with van der Waals surface area (Å²) in [6, 6.07) is 2.96. The van der Waals surface area contributed by atoms with Gasteiger partial charge in [0.25, 0.3) is 0 Å². The van der Waals surface area contributed by atoms with Crippen LogP contribution in [0.3, 0.4) is 0 Å². The molecule has 1 aromatic heterocycles. The largest absolute Gasteiger partial charge is 0.382 e. The van der Waals surface area contributed by atoms with Crippen LogP contribution in [-0.2, 0) is 0 Å². The van der Waals surface area contributed by atoms with Crippen molar-refractivity contribution in [3.63, 3.8) is 0 Å². The van der Waals surface area contributed by atoms with Gasteiger partial charge in [0.05, 0.1) is 15.1 Å². The van der Waals surface area contributed by atoms with Gasteiger partial charge in [0.15, 0.2) is 11.5 Å². The van der Waals surface area contributed by atoms with Crippen LogP contribution in [0.4, 0.5) is 23.0 Å². The summed E-state index contributed by atoms with van der Waals surface area (Å²) in [6.45, 7) is 0. The number of halogens is 3. The number of nitrogens with two attached hydrogens (primary N) is 2. The summed E-state index contributed by atoms with van der Waals surface area (Å²) in [6.07, 6.45) is 0. The number of rotatable bonds is 2. The number of nitrogen functional groups attached to an aromatic ring is 2. The van der Waals surface area contributed by atoms with Gasteiger partial charge in [-0.25, -0.2) is 0 Å². The molecule has 5 N–H and O–H groups in total. The van der Waals surface area contributed by atoms with Crippen molar-refractivity contribution in [2.75, 3.05) is 11.5 Å². The second-order valence-corrected chi connectivity index (χ2v) is 4.51. The van der Waals surface area contributed by atoms with Crippen molar-refractivity contribution >= 4 is 57.8 Å². The van der Waals surface area contributed by atoms with Gasteiger partial charge in [-0.15, -0.1) is 10.2 Å². The van der Waals surface area contributed by atoms with Crippen LogP contribution in [0.1, 0.15) is 0 Å². The van der Waals surface area contributed by atoms with E-state index in [1.807, 2.05) is 0 Å². The Morgan fingerprint density at radius 1 is 1.00 bits per heavy atom. The fourth-order valence-corrected chi connectivity index (χ4v) is 1.74. The maximum Gasteiger partial charge on any atom is 0.175 e. The molecule has 0 atom stereocenters. The lowest BCUT2D eigenvalue weighted by Crippen LogP contribution is -1.84. The minimum Gasteiger partial charge on any atom is -0.382 e. The maximum atomic E-state index is 5.94. The van der Waals surface area contributed by atoms with E-state index in [4.69, 9.17) is 46.3 Å². The number of benzene rings is 1.